The minimum absolute atomic E-state index is 0.232. The first-order chi connectivity index (χ1) is 19.2. The fraction of sp³-hybridized carbons (Fsp3) is 0.276. The highest BCUT2D eigenvalue weighted by Gasteiger charge is 2.30. The number of hydrogen-bond acceptors (Lipinski definition) is 6. The number of nitrogens with zero attached hydrogens (tertiary/aromatic N) is 4. The van der Waals surface area contributed by atoms with Crippen LogP contribution >= 0.6 is 11.3 Å². The second-order valence-electron chi connectivity index (χ2n) is 9.83. The number of thiazole rings is 1. The molecule has 0 bridgehead atoms. The van der Waals surface area contributed by atoms with Crippen LogP contribution in [0.4, 0.5) is 23.2 Å². The van der Waals surface area contributed by atoms with Crippen molar-refractivity contribution in [3.8, 4) is 11.3 Å². The van der Waals surface area contributed by atoms with Gasteiger partial charge in [-0.25, -0.2) is 22.5 Å². The maximum absolute atomic E-state index is 15.0. The first kappa shape index (κ1) is 27.9. The van der Waals surface area contributed by atoms with E-state index in [-0.39, 0.29) is 12.2 Å². The number of halogens is 4. The molecule has 5 rings (SSSR count). The van der Waals surface area contributed by atoms with Gasteiger partial charge in [0.25, 0.3) is 5.91 Å². The number of amides is 1. The van der Waals surface area contributed by atoms with Crippen molar-refractivity contribution in [2.75, 3.05) is 38.5 Å². The van der Waals surface area contributed by atoms with Crippen LogP contribution in [-0.4, -0.2) is 58.9 Å². The molecular formula is C29H27F4N5OS. The van der Waals surface area contributed by atoms with Crippen LogP contribution in [0.15, 0.2) is 48.1 Å². The molecule has 0 aliphatic carbocycles. The van der Waals surface area contributed by atoms with Crippen LogP contribution in [-0.2, 0) is 13.0 Å². The number of pyridine rings is 1. The molecule has 4 aromatic rings. The summed E-state index contributed by atoms with van der Waals surface area (Å²) in [5.41, 5.74) is 1.64. The summed E-state index contributed by atoms with van der Waals surface area (Å²) in [5.74, 6) is -7.81. The number of rotatable bonds is 7. The Hall–Kier alpha value is -3.67. The molecule has 2 aromatic carbocycles. The van der Waals surface area contributed by atoms with Crippen molar-refractivity contribution < 1.29 is 22.4 Å². The standard InChI is InChI=1S/C29H27F4N5OS/c1-17-5-6-20(12-19(17)13-23-36-22(16-40-23)18-4-3-7-34-14-18)35-29(39)24-27(32)25(30)21(26(31)28(24)33)15-38-10-8-37(2)9-11-38/h3-7,12,14,16H,8-11,13,15H2,1-2H3,(H,35,39). The average Bonchev–Trinajstić information content (AvgIpc) is 3.42. The maximum atomic E-state index is 15.0. The predicted molar refractivity (Wildman–Crippen MR) is 146 cm³/mol. The van der Waals surface area contributed by atoms with Gasteiger partial charge >= 0.3 is 0 Å². The van der Waals surface area contributed by atoms with Crippen LogP contribution in [0.3, 0.4) is 0 Å². The summed E-state index contributed by atoms with van der Waals surface area (Å²) in [6.07, 6.45) is 3.86. The third-order valence-electron chi connectivity index (χ3n) is 7.02. The third kappa shape index (κ3) is 5.91. The number of likely N-dealkylation sites (N-methyl/N-ethyl adjacent to an activating group) is 1. The van der Waals surface area contributed by atoms with E-state index < -0.39 is 40.3 Å². The lowest BCUT2D eigenvalue weighted by atomic mass is 10.0. The highest BCUT2D eigenvalue weighted by atomic mass is 32.1. The van der Waals surface area contributed by atoms with E-state index in [0.717, 1.165) is 27.4 Å². The van der Waals surface area contributed by atoms with Crippen LogP contribution in [0.1, 0.15) is 32.1 Å². The molecule has 1 aliphatic rings. The molecule has 0 atom stereocenters. The molecule has 2 aromatic heterocycles. The van der Waals surface area contributed by atoms with E-state index in [1.54, 1.807) is 35.5 Å². The van der Waals surface area contributed by atoms with Crippen molar-refractivity contribution in [1.82, 2.24) is 19.8 Å². The Morgan fingerprint density at radius 2 is 1.75 bits per heavy atom. The number of anilines is 1. The molecule has 1 amide bonds. The van der Waals surface area contributed by atoms with Crippen molar-refractivity contribution in [3.05, 3.63) is 98.6 Å². The van der Waals surface area contributed by atoms with E-state index >= 15 is 0 Å². The molecular weight excluding hydrogens is 542 g/mol. The van der Waals surface area contributed by atoms with Gasteiger partial charge in [-0.2, -0.15) is 0 Å². The number of piperazine rings is 1. The maximum Gasteiger partial charge on any atom is 0.261 e. The van der Waals surface area contributed by atoms with E-state index in [0.29, 0.717) is 32.6 Å². The van der Waals surface area contributed by atoms with Gasteiger partial charge < -0.3 is 10.2 Å². The van der Waals surface area contributed by atoms with Crippen molar-refractivity contribution in [2.45, 2.75) is 19.9 Å². The fourth-order valence-corrected chi connectivity index (χ4v) is 5.41. The highest BCUT2D eigenvalue weighted by Crippen LogP contribution is 2.28. The lowest BCUT2D eigenvalue weighted by Crippen LogP contribution is -2.44. The minimum Gasteiger partial charge on any atom is -0.322 e. The van der Waals surface area contributed by atoms with Gasteiger partial charge in [-0.3, -0.25) is 14.7 Å². The molecule has 208 valence electrons. The molecule has 1 aliphatic heterocycles. The van der Waals surface area contributed by atoms with Gasteiger partial charge in [0.2, 0.25) is 0 Å². The van der Waals surface area contributed by atoms with E-state index in [2.05, 4.69) is 15.3 Å². The van der Waals surface area contributed by atoms with Crippen LogP contribution < -0.4 is 5.32 Å². The predicted octanol–water partition coefficient (Wildman–Crippen LogP) is 5.66. The number of aryl methyl sites for hydroxylation is 1. The van der Waals surface area contributed by atoms with Crippen molar-refractivity contribution in [1.29, 1.82) is 0 Å². The fourth-order valence-electron chi connectivity index (χ4n) is 4.58. The van der Waals surface area contributed by atoms with E-state index in [1.165, 1.54) is 11.3 Å². The highest BCUT2D eigenvalue weighted by molar-refractivity contribution is 7.10. The topological polar surface area (TPSA) is 61.4 Å². The Morgan fingerprint density at radius 3 is 2.42 bits per heavy atom. The SMILES string of the molecule is Cc1ccc(NC(=O)c2c(F)c(F)c(CN3CCN(C)CC3)c(F)c2F)cc1Cc1nc(-c2cccnc2)cs1. The van der Waals surface area contributed by atoms with Crippen LogP contribution in [0, 0.1) is 30.2 Å². The van der Waals surface area contributed by atoms with Gasteiger partial charge in [0.15, 0.2) is 23.3 Å². The van der Waals surface area contributed by atoms with Crippen molar-refractivity contribution >= 4 is 22.9 Å². The zero-order chi connectivity index (χ0) is 28.4. The molecule has 1 fully saturated rings. The average molecular weight is 570 g/mol. The second kappa shape index (κ2) is 11.8. The Morgan fingerprint density at radius 1 is 1.02 bits per heavy atom. The summed E-state index contributed by atoms with van der Waals surface area (Å²) in [6, 6.07) is 8.70. The Bertz CT molecular complexity index is 1510. The summed E-state index contributed by atoms with van der Waals surface area (Å²) in [6.45, 7) is 3.94. The number of aromatic nitrogens is 2. The number of hydrogen-bond donors (Lipinski definition) is 1. The molecule has 11 heteroatoms. The number of carbonyl (C=O) groups is 1. The monoisotopic (exact) mass is 569 g/mol. The largest absolute Gasteiger partial charge is 0.322 e. The molecule has 0 saturated carbocycles. The minimum atomic E-state index is -1.71. The summed E-state index contributed by atoms with van der Waals surface area (Å²) >= 11 is 1.47. The third-order valence-corrected chi connectivity index (χ3v) is 7.87. The van der Waals surface area contributed by atoms with Gasteiger partial charge in [-0.1, -0.05) is 6.07 Å². The smallest absolute Gasteiger partial charge is 0.261 e. The summed E-state index contributed by atoms with van der Waals surface area (Å²) in [5, 5.41) is 5.14. The summed E-state index contributed by atoms with van der Waals surface area (Å²) < 4.78 is 59.7. The van der Waals surface area contributed by atoms with E-state index in [9.17, 15) is 22.4 Å². The summed E-state index contributed by atoms with van der Waals surface area (Å²) in [7, 11) is 1.92. The van der Waals surface area contributed by atoms with Crippen molar-refractivity contribution in [3.63, 3.8) is 0 Å². The zero-order valence-corrected chi connectivity index (χ0v) is 22.8. The molecule has 3 heterocycles. The summed E-state index contributed by atoms with van der Waals surface area (Å²) in [4.78, 5) is 25.4. The molecule has 0 radical (unpaired) electrons. The number of benzene rings is 2. The van der Waals surface area contributed by atoms with Gasteiger partial charge in [-0.05, 0) is 49.4 Å². The lowest BCUT2D eigenvalue weighted by molar-refractivity contribution is 0.101. The Labute approximate surface area is 233 Å². The molecule has 0 unspecified atom stereocenters. The molecule has 1 N–H and O–H groups in total. The molecule has 0 spiro atoms. The van der Waals surface area contributed by atoms with Gasteiger partial charge in [0.05, 0.1) is 10.7 Å². The van der Waals surface area contributed by atoms with E-state index in [4.69, 9.17) is 0 Å². The number of carbonyl (C=O) groups excluding carboxylic acids is 1. The zero-order valence-electron chi connectivity index (χ0n) is 22.0. The first-order valence-electron chi connectivity index (χ1n) is 12.7. The lowest BCUT2D eigenvalue weighted by Gasteiger charge is -2.32. The quantitative estimate of drug-likeness (QED) is 0.230. The van der Waals surface area contributed by atoms with Gasteiger partial charge in [0.1, 0.15) is 5.56 Å². The first-order valence-corrected chi connectivity index (χ1v) is 13.6. The van der Waals surface area contributed by atoms with Gasteiger partial charge in [-0.15, -0.1) is 11.3 Å². The molecule has 40 heavy (non-hydrogen) atoms. The van der Waals surface area contributed by atoms with E-state index in [1.807, 2.05) is 36.4 Å². The Kier molecular flexibility index (Phi) is 8.24. The Balaban J connectivity index is 1.34. The van der Waals surface area contributed by atoms with Gasteiger partial charge in [0, 0.05) is 73.7 Å². The van der Waals surface area contributed by atoms with Crippen molar-refractivity contribution in [2.24, 2.45) is 0 Å². The molecule has 6 nitrogen and oxygen atoms in total. The van der Waals surface area contributed by atoms with Crippen LogP contribution in [0.2, 0.25) is 0 Å². The van der Waals surface area contributed by atoms with Crippen LogP contribution in [0.25, 0.3) is 11.3 Å². The molecule has 1 saturated heterocycles. The second-order valence-corrected chi connectivity index (χ2v) is 10.8. The number of nitrogens with one attached hydrogen (secondary N) is 1. The normalized spacial score (nSPS) is 14.4. The van der Waals surface area contributed by atoms with Crippen LogP contribution in [0.5, 0.6) is 0 Å².